The minimum atomic E-state index is -3.59. The van der Waals surface area contributed by atoms with Crippen LogP contribution in [0.15, 0.2) is 4.90 Å². The molecule has 1 aromatic rings. The van der Waals surface area contributed by atoms with E-state index in [1.165, 1.54) is 61.6 Å². The summed E-state index contributed by atoms with van der Waals surface area (Å²) >= 11 is 0. The molecule has 4 saturated carbocycles. The standard InChI is InChI=1S/C21H34N4O3S/c1-13-20(29(27,28)24(4)5)14(2)25(23-13)12-19(26)22-15(3)21-9-16-6-17(10-21)8-18(7-16)11-21/h15-18H,6-12H2,1-5H3,(H,22,26)/t15-,16?,17?,18?,21?/m1/s1. The molecule has 1 aromatic heterocycles. The van der Waals surface area contributed by atoms with Crippen LogP contribution in [0.25, 0.3) is 0 Å². The van der Waals surface area contributed by atoms with Crippen LogP contribution in [0.4, 0.5) is 0 Å². The SMILES string of the molecule is Cc1nn(CC(=O)N[C@H](C)C23CC4CC(CC(C4)C2)C3)c(C)c1S(=O)(=O)N(C)C. The Morgan fingerprint density at radius 1 is 1.17 bits per heavy atom. The van der Waals surface area contributed by atoms with Crippen LogP contribution in [0, 0.1) is 37.0 Å². The summed E-state index contributed by atoms with van der Waals surface area (Å²) in [5.74, 6) is 2.44. The average molecular weight is 423 g/mol. The Kier molecular flexibility index (Phi) is 5.09. The van der Waals surface area contributed by atoms with Crippen LogP contribution in [-0.4, -0.2) is 48.5 Å². The van der Waals surface area contributed by atoms with E-state index in [0.717, 1.165) is 17.8 Å². The number of sulfonamides is 1. The Morgan fingerprint density at radius 2 is 1.69 bits per heavy atom. The molecule has 4 fully saturated rings. The third-order valence-corrected chi connectivity index (χ3v) is 9.80. The molecule has 8 heteroatoms. The molecule has 29 heavy (non-hydrogen) atoms. The van der Waals surface area contributed by atoms with Gasteiger partial charge in [-0.05, 0) is 82.5 Å². The van der Waals surface area contributed by atoms with Crippen molar-refractivity contribution in [1.82, 2.24) is 19.4 Å². The molecule has 0 saturated heterocycles. The van der Waals surface area contributed by atoms with Crippen molar-refractivity contribution in [2.45, 2.75) is 76.8 Å². The van der Waals surface area contributed by atoms with Crippen molar-refractivity contribution in [3.8, 4) is 0 Å². The highest BCUT2D eigenvalue weighted by Gasteiger charge is 2.53. The highest BCUT2D eigenvalue weighted by Crippen LogP contribution is 2.61. The molecule has 5 rings (SSSR count). The van der Waals surface area contributed by atoms with Gasteiger partial charge in [0.25, 0.3) is 0 Å². The number of carbonyl (C=O) groups excluding carboxylic acids is 1. The van der Waals surface area contributed by atoms with Gasteiger partial charge in [-0.15, -0.1) is 0 Å². The van der Waals surface area contributed by atoms with Crippen LogP contribution >= 0.6 is 0 Å². The molecule has 0 unspecified atom stereocenters. The van der Waals surface area contributed by atoms with Crippen molar-refractivity contribution in [3.05, 3.63) is 11.4 Å². The Labute approximate surface area is 174 Å². The van der Waals surface area contributed by atoms with E-state index in [1.807, 2.05) is 0 Å². The van der Waals surface area contributed by atoms with Gasteiger partial charge in [0.1, 0.15) is 11.4 Å². The Balaban J connectivity index is 1.47. The maximum Gasteiger partial charge on any atom is 0.246 e. The van der Waals surface area contributed by atoms with Gasteiger partial charge >= 0.3 is 0 Å². The fourth-order valence-electron chi connectivity index (χ4n) is 6.67. The molecule has 0 radical (unpaired) electrons. The maximum atomic E-state index is 12.8. The zero-order valence-electron chi connectivity index (χ0n) is 18.2. The van der Waals surface area contributed by atoms with Crippen molar-refractivity contribution < 1.29 is 13.2 Å². The fourth-order valence-corrected chi connectivity index (χ4v) is 7.93. The molecule has 1 N–H and O–H groups in total. The molecular weight excluding hydrogens is 388 g/mol. The molecule has 4 aliphatic carbocycles. The fraction of sp³-hybridized carbons (Fsp3) is 0.810. The van der Waals surface area contributed by atoms with Gasteiger partial charge in [0, 0.05) is 20.1 Å². The summed E-state index contributed by atoms with van der Waals surface area (Å²) in [6, 6.07) is 0.144. The Bertz CT molecular complexity index is 883. The van der Waals surface area contributed by atoms with Gasteiger partial charge in [-0.2, -0.15) is 5.10 Å². The van der Waals surface area contributed by atoms with E-state index in [1.54, 1.807) is 13.8 Å². The van der Waals surface area contributed by atoms with E-state index in [2.05, 4.69) is 17.3 Å². The van der Waals surface area contributed by atoms with Crippen molar-refractivity contribution in [1.29, 1.82) is 0 Å². The monoisotopic (exact) mass is 422 g/mol. The number of rotatable bonds is 6. The molecule has 0 aromatic carbocycles. The van der Waals surface area contributed by atoms with E-state index in [9.17, 15) is 13.2 Å². The van der Waals surface area contributed by atoms with Gasteiger partial charge in [-0.3, -0.25) is 9.48 Å². The number of nitrogens with one attached hydrogen (secondary N) is 1. The highest BCUT2D eigenvalue weighted by atomic mass is 32.2. The van der Waals surface area contributed by atoms with Crippen LogP contribution in [0.1, 0.15) is 56.8 Å². The lowest BCUT2D eigenvalue weighted by Gasteiger charge is -2.59. The van der Waals surface area contributed by atoms with E-state index >= 15 is 0 Å². The van der Waals surface area contributed by atoms with E-state index in [-0.39, 0.29) is 28.8 Å². The molecule has 1 heterocycles. The van der Waals surface area contributed by atoms with Crippen LogP contribution in [-0.2, 0) is 21.4 Å². The third-order valence-electron chi connectivity index (χ3n) is 7.73. The van der Waals surface area contributed by atoms with Crippen LogP contribution < -0.4 is 5.32 Å². The first kappa shape index (κ1) is 20.8. The van der Waals surface area contributed by atoms with Gasteiger partial charge in [0.2, 0.25) is 15.9 Å². The lowest BCUT2D eigenvalue weighted by molar-refractivity contribution is -0.126. The third kappa shape index (κ3) is 3.52. The highest BCUT2D eigenvalue weighted by molar-refractivity contribution is 7.89. The largest absolute Gasteiger partial charge is 0.351 e. The zero-order valence-corrected chi connectivity index (χ0v) is 19.1. The normalized spacial score (nSPS) is 32.0. The maximum absolute atomic E-state index is 12.8. The Morgan fingerprint density at radius 3 is 2.17 bits per heavy atom. The van der Waals surface area contributed by atoms with Crippen molar-refractivity contribution in [2.24, 2.45) is 23.2 Å². The summed E-state index contributed by atoms with van der Waals surface area (Å²) in [6.07, 6.45) is 7.88. The van der Waals surface area contributed by atoms with Crippen molar-refractivity contribution >= 4 is 15.9 Å². The van der Waals surface area contributed by atoms with Gasteiger partial charge in [0.05, 0.1) is 11.4 Å². The molecule has 162 valence electrons. The number of aromatic nitrogens is 2. The first-order chi connectivity index (χ1) is 13.5. The van der Waals surface area contributed by atoms with Gasteiger partial charge in [-0.1, -0.05) is 0 Å². The minimum absolute atomic E-state index is 0.0479. The van der Waals surface area contributed by atoms with E-state index in [0.29, 0.717) is 11.4 Å². The van der Waals surface area contributed by atoms with Gasteiger partial charge in [-0.25, -0.2) is 12.7 Å². The van der Waals surface area contributed by atoms with E-state index < -0.39 is 10.0 Å². The minimum Gasteiger partial charge on any atom is -0.351 e. The van der Waals surface area contributed by atoms with Crippen LogP contribution in [0.3, 0.4) is 0 Å². The predicted octanol–water partition coefficient (Wildman–Crippen LogP) is 2.47. The van der Waals surface area contributed by atoms with E-state index in [4.69, 9.17) is 0 Å². The molecule has 1 amide bonds. The number of hydrogen-bond donors (Lipinski definition) is 1. The number of amides is 1. The van der Waals surface area contributed by atoms with Crippen molar-refractivity contribution in [3.63, 3.8) is 0 Å². The molecule has 4 aliphatic rings. The average Bonchev–Trinajstić information content (AvgIpc) is 2.87. The first-order valence-electron chi connectivity index (χ1n) is 10.8. The second kappa shape index (κ2) is 7.08. The van der Waals surface area contributed by atoms with Crippen LogP contribution in [0.5, 0.6) is 0 Å². The zero-order chi connectivity index (χ0) is 21.1. The predicted molar refractivity (Wildman–Crippen MR) is 111 cm³/mol. The number of carbonyl (C=O) groups is 1. The number of aryl methyl sites for hydroxylation is 1. The lowest BCUT2D eigenvalue weighted by Crippen LogP contribution is -2.56. The summed E-state index contributed by atoms with van der Waals surface area (Å²) in [5.41, 5.74) is 1.19. The molecule has 7 nitrogen and oxygen atoms in total. The van der Waals surface area contributed by atoms with Crippen LogP contribution in [0.2, 0.25) is 0 Å². The summed E-state index contributed by atoms with van der Waals surface area (Å²) in [4.78, 5) is 13.0. The quantitative estimate of drug-likeness (QED) is 0.763. The molecule has 0 aliphatic heterocycles. The first-order valence-corrected chi connectivity index (χ1v) is 12.2. The summed E-state index contributed by atoms with van der Waals surface area (Å²) < 4.78 is 27.9. The van der Waals surface area contributed by atoms with Gasteiger partial charge in [0.15, 0.2) is 0 Å². The summed E-state index contributed by atoms with van der Waals surface area (Å²) in [7, 11) is -0.578. The molecule has 0 spiro atoms. The van der Waals surface area contributed by atoms with Crippen molar-refractivity contribution in [2.75, 3.05) is 14.1 Å². The second-order valence-electron chi connectivity index (χ2n) is 10.0. The molecular formula is C21H34N4O3S. The molecule has 4 bridgehead atoms. The molecule has 1 atom stereocenters. The topological polar surface area (TPSA) is 84.3 Å². The summed E-state index contributed by atoms with van der Waals surface area (Å²) in [5, 5.41) is 7.59. The second-order valence-corrected chi connectivity index (χ2v) is 12.1. The number of hydrogen-bond acceptors (Lipinski definition) is 4. The Hall–Kier alpha value is -1.41. The smallest absolute Gasteiger partial charge is 0.246 e. The number of nitrogens with zero attached hydrogens (tertiary/aromatic N) is 3. The summed E-state index contributed by atoms with van der Waals surface area (Å²) in [6.45, 7) is 5.60. The van der Waals surface area contributed by atoms with Gasteiger partial charge < -0.3 is 5.32 Å². The lowest BCUT2D eigenvalue weighted by atomic mass is 9.48.